The average molecular weight is 328 g/mol. The van der Waals surface area contributed by atoms with E-state index in [1.807, 2.05) is 13.8 Å². The number of hydrogen-bond acceptors (Lipinski definition) is 5. The van der Waals surface area contributed by atoms with Crippen LogP contribution in [0.2, 0.25) is 0 Å². The number of ether oxygens (including phenoxy) is 1. The number of carbonyl (C=O) groups excluding carboxylic acids is 1. The van der Waals surface area contributed by atoms with Gasteiger partial charge in [-0.15, -0.1) is 0 Å². The number of hydrogen-bond donors (Lipinski definition) is 2. The van der Waals surface area contributed by atoms with Crippen LogP contribution in [0.1, 0.15) is 47.6 Å². The SMILES string of the molecule is Cc1cc(=O)cc2c3c1[C@H](O)[C@@H]1[C@@H]4OC(=O)[C@](CC2)(C(C)C4O)[C@H]31. The number of aliphatic hydroxyl groups is 2. The number of esters is 1. The number of aryl methyl sites for hydroxylation is 2. The Kier molecular flexibility index (Phi) is 2.60. The topological polar surface area (TPSA) is 83.8 Å². The predicted molar refractivity (Wildman–Crippen MR) is 84.4 cm³/mol. The zero-order chi connectivity index (χ0) is 17.0. The van der Waals surface area contributed by atoms with Gasteiger partial charge in [-0.1, -0.05) is 6.92 Å². The molecule has 2 unspecified atom stereocenters. The summed E-state index contributed by atoms with van der Waals surface area (Å²) in [5.41, 5.74) is 2.60. The van der Waals surface area contributed by atoms with Gasteiger partial charge in [-0.2, -0.15) is 0 Å². The molecule has 24 heavy (non-hydrogen) atoms. The highest BCUT2D eigenvalue weighted by Crippen LogP contribution is 2.69. The zero-order valence-corrected chi connectivity index (χ0v) is 13.7. The van der Waals surface area contributed by atoms with Gasteiger partial charge in [-0.05, 0) is 54.2 Å². The molecule has 126 valence electrons. The summed E-state index contributed by atoms with van der Waals surface area (Å²) in [7, 11) is 0. The normalized spacial score (nSPS) is 44.2. The fraction of sp³-hybridized carbons (Fsp3) is 0.579. The fourth-order valence-electron chi connectivity index (χ4n) is 6.09. The van der Waals surface area contributed by atoms with Crippen LogP contribution in [0.15, 0.2) is 16.9 Å². The molecule has 1 saturated carbocycles. The minimum Gasteiger partial charge on any atom is -0.459 e. The first-order chi connectivity index (χ1) is 11.4. The molecule has 5 heteroatoms. The van der Waals surface area contributed by atoms with Gasteiger partial charge in [-0.3, -0.25) is 9.59 Å². The summed E-state index contributed by atoms with van der Waals surface area (Å²) < 4.78 is 5.58. The van der Waals surface area contributed by atoms with Crippen molar-refractivity contribution in [2.24, 2.45) is 17.3 Å². The van der Waals surface area contributed by atoms with E-state index in [0.29, 0.717) is 12.8 Å². The molecule has 0 radical (unpaired) electrons. The molecule has 5 aliphatic rings. The van der Waals surface area contributed by atoms with Gasteiger partial charge >= 0.3 is 5.97 Å². The molecular weight excluding hydrogens is 308 g/mol. The molecule has 3 aliphatic carbocycles. The average Bonchev–Trinajstić information content (AvgIpc) is 2.76. The highest BCUT2D eigenvalue weighted by atomic mass is 16.6. The highest BCUT2D eigenvalue weighted by Gasteiger charge is 2.72. The Morgan fingerprint density at radius 1 is 1.21 bits per heavy atom. The van der Waals surface area contributed by atoms with Crippen LogP contribution in [0.4, 0.5) is 0 Å². The molecule has 5 nitrogen and oxygen atoms in total. The van der Waals surface area contributed by atoms with E-state index in [1.165, 1.54) is 0 Å². The van der Waals surface area contributed by atoms with E-state index in [2.05, 4.69) is 0 Å². The van der Waals surface area contributed by atoms with Crippen molar-refractivity contribution in [3.63, 3.8) is 0 Å². The molecule has 2 N–H and O–H groups in total. The molecule has 7 atom stereocenters. The van der Waals surface area contributed by atoms with Crippen molar-refractivity contribution in [1.29, 1.82) is 0 Å². The van der Waals surface area contributed by atoms with Gasteiger partial charge in [0.1, 0.15) is 6.10 Å². The van der Waals surface area contributed by atoms with Gasteiger partial charge in [0.2, 0.25) is 0 Å². The van der Waals surface area contributed by atoms with Gasteiger partial charge in [0.05, 0.1) is 17.6 Å². The predicted octanol–water partition coefficient (Wildman–Crippen LogP) is 0.971. The van der Waals surface area contributed by atoms with Crippen LogP contribution in [-0.2, 0) is 16.0 Å². The first-order valence-corrected chi connectivity index (χ1v) is 8.62. The lowest BCUT2D eigenvalue weighted by atomic mass is 9.49. The van der Waals surface area contributed by atoms with Gasteiger partial charge in [0.15, 0.2) is 5.43 Å². The minimum absolute atomic E-state index is 0.0618. The van der Waals surface area contributed by atoms with Crippen molar-refractivity contribution in [1.82, 2.24) is 0 Å². The van der Waals surface area contributed by atoms with E-state index in [1.54, 1.807) is 12.1 Å². The van der Waals surface area contributed by atoms with Crippen molar-refractivity contribution in [2.45, 2.75) is 50.9 Å². The third kappa shape index (κ3) is 1.37. The lowest BCUT2D eigenvalue weighted by Gasteiger charge is -2.59. The molecule has 1 spiro atoms. The molecule has 1 aromatic rings. The second kappa shape index (κ2) is 4.27. The number of aliphatic hydroxyl groups excluding tert-OH is 2. The molecule has 2 bridgehead atoms. The molecule has 6 rings (SSSR count). The molecular formula is C19H20O5. The standard InChI is InChI=1S/C19H20O5/c1-7-5-10(20)6-9-3-4-19-8(2)15(21)17(24-18(19)23)13-14(19)12(9)11(7)16(13)22/h5-6,8,13-17,21-22H,3-4H2,1-2H3/t8?,13-,14-,15?,16+,17+,19-/m1/s1. The molecule has 2 aliphatic heterocycles. The lowest BCUT2D eigenvalue weighted by Crippen LogP contribution is -2.67. The van der Waals surface area contributed by atoms with Crippen LogP contribution in [0.5, 0.6) is 0 Å². The Balaban J connectivity index is 1.89. The van der Waals surface area contributed by atoms with Crippen LogP contribution in [0.25, 0.3) is 0 Å². The third-order valence-corrected chi connectivity index (χ3v) is 7.12. The Hall–Kier alpha value is -1.72. The minimum atomic E-state index is -0.812. The molecule has 3 fully saturated rings. The summed E-state index contributed by atoms with van der Waals surface area (Å²) >= 11 is 0. The van der Waals surface area contributed by atoms with E-state index >= 15 is 0 Å². The molecule has 0 aromatic heterocycles. The molecule has 2 heterocycles. The fourth-order valence-corrected chi connectivity index (χ4v) is 6.09. The Bertz CT molecular complexity index is 846. The zero-order valence-electron chi connectivity index (χ0n) is 13.7. The summed E-state index contributed by atoms with van der Waals surface area (Å²) in [5, 5.41) is 21.7. The summed E-state index contributed by atoms with van der Waals surface area (Å²) in [6.45, 7) is 3.75. The second-order valence-electron chi connectivity index (χ2n) is 7.92. The number of carbonyl (C=O) groups is 1. The van der Waals surface area contributed by atoms with Crippen LogP contribution in [0.3, 0.4) is 0 Å². The third-order valence-electron chi connectivity index (χ3n) is 7.12. The maximum absolute atomic E-state index is 12.8. The largest absolute Gasteiger partial charge is 0.459 e. The van der Waals surface area contributed by atoms with E-state index in [0.717, 1.165) is 22.3 Å². The molecule has 1 aromatic carbocycles. The quantitative estimate of drug-likeness (QED) is 0.694. The van der Waals surface area contributed by atoms with Gasteiger partial charge < -0.3 is 14.9 Å². The van der Waals surface area contributed by atoms with Gasteiger partial charge in [0.25, 0.3) is 0 Å². The van der Waals surface area contributed by atoms with E-state index in [9.17, 15) is 19.8 Å². The monoisotopic (exact) mass is 328 g/mol. The van der Waals surface area contributed by atoms with Gasteiger partial charge in [0, 0.05) is 17.8 Å². The van der Waals surface area contributed by atoms with E-state index in [-0.39, 0.29) is 29.2 Å². The van der Waals surface area contributed by atoms with Crippen molar-refractivity contribution in [3.05, 3.63) is 44.6 Å². The van der Waals surface area contributed by atoms with Crippen molar-refractivity contribution in [3.8, 4) is 0 Å². The first kappa shape index (κ1) is 14.6. The Morgan fingerprint density at radius 3 is 2.71 bits per heavy atom. The van der Waals surface area contributed by atoms with E-state index < -0.39 is 23.7 Å². The first-order valence-electron chi connectivity index (χ1n) is 8.62. The highest BCUT2D eigenvalue weighted by molar-refractivity contribution is 5.83. The van der Waals surface area contributed by atoms with Gasteiger partial charge in [-0.25, -0.2) is 0 Å². The molecule has 2 saturated heterocycles. The van der Waals surface area contributed by atoms with Crippen LogP contribution < -0.4 is 5.43 Å². The lowest BCUT2D eigenvalue weighted by molar-refractivity contribution is -0.245. The number of fused-ring (bicyclic) bond motifs is 2. The molecule has 0 amide bonds. The summed E-state index contributed by atoms with van der Waals surface area (Å²) in [6.07, 6.45) is -1.09. The smallest absolute Gasteiger partial charge is 0.313 e. The summed E-state index contributed by atoms with van der Waals surface area (Å²) in [4.78, 5) is 24.9. The second-order valence-corrected chi connectivity index (χ2v) is 7.92. The Labute approximate surface area is 139 Å². The number of rotatable bonds is 0. The van der Waals surface area contributed by atoms with Crippen molar-refractivity contribution < 1.29 is 19.7 Å². The maximum Gasteiger partial charge on any atom is 0.313 e. The van der Waals surface area contributed by atoms with E-state index in [4.69, 9.17) is 4.74 Å². The van der Waals surface area contributed by atoms with Crippen LogP contribution in [0, 0.1) is 24.2 Å². The summed E-state index contributed by atoms with van der Waals surface area (Å²) in [5.74, 6) is -0.946. The maximum atomic E-state index is 12.8. The van der Waals surface area contributed by atoms with Crippen LogP contribution in [-0.4, -0.2) is 28.4 Å². The Morgan fingerprint density at radius 2 is 1.96 bits per heavy atom. The summed E-state index contributed by atoms with van der Waals surface area (Å²) in [6, 6.07) is 3.22. The van der Waals surface area contributed by atoms with Crippen molar-refractivity contribution in [2.75, 3.05) is 0 Å². The van der Waals surface area contributed by atoms with Crippen LogP contribution >= 0.6 is 0 Å². The van der Waals surface area contributed by atoms with Crippen molar-refractivity contribution >= 4 is 5.97 Å².